The summed E-state index contributed by atoms with van der Waals surface area (Å²) in [7, 11) is 0. The third-order valence-corrected chi connectivity index (χ3v) is 4.96. The highest BCUT2D eigenvalue weighted by atomic mass is 16.3. The Labute approximate surface area is 150 Å². The molecule has 25 heavy (non-hydrogen) atoms. The van der Waals surface area contributed by atoms with Crippen LogP contribution >= 0.6 is 0 Å². The van der Waals surface area contributed by atoms with Crippen molar-refractivity contribution in [2.75, 3.05) is 16.8 Å². The SMILES string of the molecule is [2H]C([2H])([2H])N1c2ncccc2N(c2c(C)ccc3c2oc2ccccc23)[C@H]1C. The number of hydrogen-bond acceptors (Lipinski definition) is 4. The van der Waals surface area contributed by atoms with E-state index >= 15 is 0 Å². The van der Waals surface area contributed by atoms with Crippen molar-refractivity contribution in [2.45, 2.75) is 20.0 Å². The topological polar surface area (TPSA) is 32.5 Å². The second-order valence-electron chi connectivity index (χ2n) is 6.42. The van der Waals surface area contributed by atoms with Crippen LogP contribution in [0.1, 0.15) is 16.6 Å². The Balaban J connectivity index is 1.82. The predicted molar refractivity (Wildman–Crippen MR) is 103 cm³/mol. The lowest BCUT2D eigenvalue weighted by Gasteiger charge is -2.28. The lowest BCUT2D eigenvalue weighted by Crippen LogP contribution is -2.36. The normalized spacial score (nSPS) is 19.1. The van der Waals surface area contributed by atoms with E-state index in [4.69, 9.17) is 8.53 Å². The second kappa shape index (κ2) is 4.99. The summed E-state index contributed by atoms with van der Waals surface area (Å²) in [5.41, 5.74) is 4.23. The van der Waals surface area contributed by atoms with Gasteiger partial charge in [0.2, 0.25) is 0 Å². The van der Waals surface area contributed by atoms with Gasteiger partial charge in [-0.1, -0.05) is 30.3 Å². The number of anilines is 3. The molecule has 4 heteroatoms. The molecule has 1 aliphatic rings. The van der Waals surface area contributed by atoms with Gasteiger partial charge >= 0.3 is 0 Å². The molecule has 1 aliphatic heterocycles. The molecule has 0 bridgehead atoms. The standard InChI is InChI=1S/C21H19N3O/c1-13-10-11-16-15-7-4-5-9-18(15)25-20(16)19(13)24-14(2)23(3)21-17(24)8-6-12-22-21/h4-12,14H,1-3H3/t14-/m0/s1/i3D3. The molecule has 0 fully saturated rings. The summed E-state index contributed by atoms with van der Waals surface area (Å²) in [4.78, 5) is 7.79. The molecule has 0 saturated heterocycles. The van der Waals surface area contributed by atoms with Crippen molar-refractivity contribution < 1.29 is 8.53 Å². The van der Waals surface area contributed by atoms with Crippen LogP contribution in [0.25, 0.3) is 21.9 Å². The van der Waals surface area contributed by atoms with Crippen LogP contribution in [0.3, 0.4) is 0 Å². The maximum Gasteiger partial charge on any atom is 0.159 e. The minimum absolute atomic E-state index is 0.435. The summed E-state index contributed by atoms with van der Waals surface area (Å²) in [6, 6.07) is 15.8. The molecule has 0 spiro atoms. The summed E-state index contributed by atoms with van der Waals surface area (Å²) < 4.78 is 30.3. The average Bonchev–Trinajstić information content (AvgIpc) is 3.16. The van der Waals surface area contributed by atoms with E-state index in [-0.39, 0.29) is 0 Å². The van der Waals surface area contributed by atoms with Crippen LogP contribution in [0.5, 0.6) is 0 Å². The Kier molecular flexibility index (Phi) is 2.30. The average molecular weight is 332 g/mol. The van der Waals surface area contributed by atoms with Crippen LogP contribution in [0, 0.1) is 6.92 Å². The predicted octanol–water partition coefficient (Wildman–Crippen LogP) is 5.22. The van der Waals surface area contributed by atoms with Gasteiger partial charge in [-0.2, -0.15) is 0 Å². The van der Waals surface area contributed by atoms with E-state index in [0.29, 0.717) is 5.82 Å². The van der Waals surface area contributed by atoms with E-state index in [0.717, 1.165) is 38.9 Å². The molecule has 0 N–H and O–H groups in total. The Bertz CT molecular complexity index is 1210. The van der Waals surface area contributed by atoms with E-state index in [9.17, 15) is 0 Å². The fourth-order valence-corrected chi connectivity index (χ4v) is 3.74. The Morgan fingerprint density at radius 2 is 1.96 bits per heavy atom. The number of pyridine rings is 1. The first-order valence-corrected chi connectivity index (χ1v) is 8.32. The van der Waals surface area contributed by atoms with E-state index in [1.54, 1.807) is 6.20 Å². The molecule has 0 amide bonds. The lowest BCUT2D eigenvalue weighted by atomic mass is 10.1. The van der Waals surface area contributed by atoms with Gasteiger partial charge in [0.1, 0.15) is 11.7 Å². The number of para-hydroxylation sites is 1. The van der Waals surface area contributed by atoms with Crippen molar-refractivity contribution in [2.24, 2.45) is 0 Å². The first-order valence-electron chi connectivity index (χ1n) is 9.82. The number of aryl methyl sites for hydroxylation is 1. The number of aromatic nitrogens is 1. The molecule has 4 aromatic rings. The molecule has 5 rings (SSSR count). The molecule has 0 radical (unpaired) electrons. The summed E-state index contributed by atoms with van der Waals surface area (Å²) in [5, 5.41) is 2.06. The van der Waals surface area contributed by atoms with Crippen molar-refractivity contribution in [1.29, 1.82) is 0 Å². The maximum absolute atomic E-state index is 8.02. The van der Waals surface area contributed by atoms with Crippen molar-refractivity contribution >= 4 is 39.1 Å². The van der Waals surface area contributed by atoms with Crippen LogP contribution in [0.2, 0.25) is 0 Å². The van der Waals surface area contributed by atoms with Crippen molar-refractivity contribution in [3.63, 3.8) is 0 Å². The van der Waals surface area contributed by atoms with E-state index in [1.165, 1.54) is 4.90 Å². The summed E-state index contributed by atoms with van der Waals surface area (Å²) in [6.07, 6.45) is 1.19. The van der Waals surface area contributed by atoms with Crippen LogP contribution in [0.15, 0.2) is 59.1 Å². The number of benzene rings is 2. The van der Waals surface area contributed by atoms with Gasteiger partial charge in [-0.05, 0) is 37.6 Å². The molecule has 2 aromatic heterocycles. The largest absolute Gasteiger partial charge is 0.454 e. The number of nitrogens with zero attached hydrogens (tertiary/aromatic N) is 3. The van der Waals surface area contributed by atoms with Crippen LogP contribution in [-0.4, -0.2) is 18.1 Å². The van der Waals surface area contributed by atoms with E-state index < -0.39 is 13.1 Å². The molecule has 1 atom stereocenters. The van der Waals surface area contributed by atoms with E-state index in [2.05, 4.69) is 17.1 Å². The number of furan rings is 1. The van der Waals surface area contributed by atoms with Crippen molar-refractivity contribution in [3.8, 4) is 0 Å². The number of fused-ring (bicyclic) bond motifs is 4. The molecule has 3 heterocycles. The molecule has 2 aromatic carbocycles. The highest BCUT2D eigenvalue weighted by molar-refractivity contribution is 6.10. The molecule has 124 valence electrons. The van der Waals surface area contributed by atoms with Gasteiger partial charge < -0.3 is 14.2 Å². The van der Waals surface area contributed by atoms with Gasteiger partial charge in [-0.3, -0.25) is 0 Å². The number of rotatable bonds is 1. The lowest BCUT2D eigenvalue weighted by molar-refractivity contribution is 0.661. The third-order valence-electron chi connectivity index (χ3n) is 4.96. The summed E-state index contributed by atoms with van der Waals surface area (Å²) in [6.45, 7) is 1.60. The molecular formula is C21H19N3O. The van der Waals surface area contributed by atoms with Crippen LogP contribution < -0.4 is 9.80 Å². The monoisotopic (exact) mass is 332 g/mol. The molecule has 4 nitrogen and oxygen atoms in total. The second-order valence-corrected chi connectivity index (χ2v) is 6.42. The van der Waals surface area contributed by atoms with Gasteiger partial charge in [-0.15, -0.1) is 0 Å². The van der Waals surface area contributed by atoms with Crippen LogP contribution in [0.4, 0.5) is 17.2 Å². The van der Waals surface area contributed by atoms with Gasteiger partial charge in [0, 0.05) is 28.1 Å². The fraction of sp³-hybridized carbons (Fsp3) is 0.190. The zero-order chi connectivity index (χ0) is 19.6. The first-order chi connectivity index (χ1) is 13.4. The van der Waals surface area contributed by atoms with Gasteiger partial charge in [0.15, 0.2) is 11.4 Å². The molecule has 0 saturated carbocycles. The quantitative estimate of drug-likeness (QED) is 0.478. The molecular weight excluding hydrogens is 310 g/mol. The van der Waals surface area contributed by atoms with Gasteiger partial charge in [0.25, 0.3) is 0 Å². The highest BCUT2D eigenvalue weighted by Gasteiger charge is 2.35. The zero-order valence-electron chi connectivity index (χ0n) is 17.0. The third kappa shape index (κ3) is 1.85. The van der Waals surface area contributed by atoms with Crippen molar-refractivity contribution in [1.82, 2.24) is 4.98 Å². The molecule has 0 aliphatic carbocycles. The highest BCUT2D eigenvalue weighted by Crippen LogP contribution is 2.46. The zero-order valence-corrected chi connectivity index (χ0v) is 14.0. The van der Waals surface area contributed by atoms with Gasteiger partial charge in [-0.25, -0.2) is 4.98 Å². The Hall–Kier alpha value is -3.01. The van der Waals surface area contributed by atoms with Gasteiger partial charge in [0.05, 0.1) is 11.4 Å². The molecule has 0 unspecified atom stereocenters. The fourth-order valence-electron chi connectivity index (χ4n) is 3.74. The van der Waals surface area contributed by atoms with E-state index in [1.807, 2.05) is 55.1 Å². The minimum atomic E-state index is -2.30. The Morgan fingerprint density at radius 1 is 1.08 bits per heavy atom. The number of hydrogen-bond donors (Lipinski definition) is 0. The first kappa shape index (κ1) is 11.5. The smallest absolute Gasteiger partial charge is 0.159 e. The maximum atomic E-state index is 8.02. The van der Waals surface area contributed by atoms with Crippen LogP contribution in [-0.2, 0) is 0 Å². The summed E-state index contributed by atoms with van der Waals surface area (Å²) >= 11 is 0. The Morgan fingerprint density at radius 3 is 2.84 bits per heavy atom. The van der Waals surface area contributed by atoms with Crippen molar-refractivity contribution in [3.05, 3.63) is 60.3 Å². The minimum Gasteiger partial charge on any atom is -0.454 e. The summed E-state index contributed by atoms with van der Waals surface area (Å²) in [5.74, 6) is 0.461.